The molecule has 0 aromatic heterocycles. The molecular formula is C17H25NO4. The second-order valence-corrected chi connectivity index (χ2v) is 5.96. The normalized spacial score (nSPS) is 17.4. The summed E-state index contributed by atoms with van der Waals surface area (Å²) in [6, 6.07) is 7.64. The number of para-hydroxylation sites is 1. The predicted molar refractivity (Wildman–Crippen MR) is 84.0 cm³/mol. The van der Waals surface area contributed by atoms with Gasteiger partial charge < -0.3 is 19.5 Å². The van der Waals surface area contributed by atoms with Gasteiger partial charge in [0.25, 0.3) is 0 Å². The van der Waals surface area contributed by atoms with E-state index in [0.717, 1.165) is 44.7 Å². The molecule has 0 amide bonds. The van der Waals surface area contributed by atoms with E-state index in [2.05, 4.69) is 11.9 Å². The third kappa shape index (κ3) is 5.00. The van der Waals surface area contributed by atoms with Crippen LogP contribution in [-0.2, 0) is 16.1 Å². The van der Waals surface area contributed by atoms with Crippen LogP contribution in [-0.4, -0.2) is 48.9 Å². The smallest absolute Gasteiger partial charge is 0.344 e. The first-order chi connectivity index (χ1) is 10.6. The average Bonchev–Trinajstić information content (AvgIpc) is 2.50. The molecule has 0 unspecified atom stereocenters. The lowest BCUT2D eigenvalue weighted by atomic mass is 9.99. The van der Waals surface area contributed by atoms with Crippen molar-refractivity contribution >= 4 is 5.97 Å². The van der Waals surface area contributed by atoms with Crippen LogP contribution in [0.25, 0.3) is 0 Å². The molecule has 22 heavy (non-hydrogen) atoms. The highest BCUT2D eigenvalue weighted by atomic mass is 16.5. The second-order valence-electron chi connectivity index (χ2n) is 5.96. The topological polar surface area (TPSA) is 59.0 Å². The number of carboxylic acids is 1. The van der Waals surface area contributed by atoms with E-state index in [-0.39, 0.29) is 0 Å². The number of carboxylic acid groups (broad SMARTS) is 1. The van der Waals surface area contributed by atoms with Crippen molar-refractivity contribution in [2.24, 2.45) is 5.92 Å². The minimum atomic E-state index is -0.953. The average molecular weight is 307 g/mol. The maximum Gasteiger partial charge on any atom is 0.344 e. The lowest BCUT2D eigenvalue weighted by Gasteiger charge is -2.27. The van der Waals surface area contributed by atoms with Gasteiger partial charge in [-0.15, -0.1) is 0 Å². The highest BCUT2D eigenvalue weighted by Crippen LogP contribution is 2.22. The van der Waals surface area contributed by atoms with Gasteiger partial charge in [-0.25, -0.2) is 4.79 Å². The van der Waals surface area contributed by atoms with E-state index < -0.39 is 12.1 Å². The summed E-state index contributed by atoms with van der Waals surface area (Å²) in [4.78, 5) is 13.2. The van der Waals surface area contributed by atoms with Crippen LogP contribution in [0.15, 0.2) is 24.3 Å². The van der Waals surface area contributed by atoms with E-state index in [0.29, 0.717) is 11.7 Å². The van der Waals surface area contributed by atoms with Crippen molar-refractivity contribution in [1.82, 2.24) is 4.90 Å². The molecule has 0 spiro atoms. The minimum Gasteiger partial charge on any atom is -0.479 e. The Morgan fingerprint density at radius 3 is 2.77 bits per heavy atom. The van der Waals surface area contributed by atoms with Crippen molar-refractivity contribution in [2.75, 3.05) is 26.8 Å². The van der Waals surface area contributed by atoms with Gasteiger partial charge in [0.1, 0.15) is 5.75 Å². The SMILES string of the molecule is C[C@H](Oc1ccccc1CN(C)CC1CCOCC1)C(=O)O. The summed E-state index contributed by atoms with van der Waals surface area (Å²) in [6.45, 7) is 5.03. The summed E-state index contributed by atoms with van der Waals surface area (Å²) >= 11 is 0. The van der Waals surface area contributed by atoms with E-state index in [1.165, 1.54) is 0 Å². The highest BCUT2D eigenvalue weighted by Gasteiger charge is 2.18. The molecule has 1 aromatic carbocycles. The molecule has 1 saturated heterocycles. The first-order valence-electron chi connectivity index (χ1n) is 7.80. The number of carbonyl (C=O) groups is 1. The van der Waals surface area contributed by atoms with Crippen molar-refractivity contribution in [3.8, 4) is 5.75 Å². The van der Waals surface area contributed by atoms with E-state index in [1.807, 2.05) is 24.3 Å². The van der Waals surface area contributed by atoms with Gasteiger partial charge in [-0.05, 0) is 38.8 Å². The molecule has 2 rings (SSSR count). The van der Waals surface area contributed by atoms with Gasteiger partial charge in [0.15, 0.2) is 6.10 Å². The number of hydrogen-bond donors (Lipinski definition) is 1. The highest BCUT2D eigenvalue weighted by molar-refractivity contribution is 5.72. The molecular weight excluding hydrogens is 282 g/mol. The molecule has 1 aromatic rings. The standard InChI is InChI=1S/C17H25NO4/c1-13(17(19)20)22-16-6-4-3-5-15(16)12-18(2)11-14-7-9-21-10-8-14/h3-6,13-14H,7-12H2,1-2H3,(H,19,20)/t13-/m0/s1. The Hall–Kier alpha value is -1.59. The van der Waals surface area contributed by atoms with Gasteiger partial charge in [-0.2, -0.15) is 0 Å². The molecule has 1 aliphatic rings. The maximum absolute atomic E-state index is 11.0. The summed E-state index contributed by atoms with van der Waals surface area (Å²) in [7, 11) is 2.09. The molecule has 1 aliphatic heterocycles. The van der Waals surface area contributed by atoms with Gasteiger partial charge >= 0.3 is 5.97 Å². The minimum absolute atomic E-state index is 0.649. The monoisotopic (exact) mass is 307 g/mol. The molecule has 1 N–H and O–H groups in total. The summed E-state index contributed by atoms with van der Waals surface area (Å²) in [6.07, 6.45) is 1.37. The molecule has 1 heterocycles. The molecule has 0 radical (unpaired) electrons. The van der Waals surface area contributed by atoms with E-state index in [9.17, 15) is 4.79 Å². The quantitative estimate of drug-likeness (QED) is 0.838. The first-order valence-corrected chi connectivity index (χ1v) is 7.80. The van der Waals surface area contributed by atoms with Gasteiger partial charge in [-0.1, -0.05) is 18.2 Å². The predicted octanol–water partition coefficient (Wildman–Crippen LogP) is 2.40. The molecule has 1 atom stereocenters. The Bertz CT molecular complexity index is 485. The largest absolute Gasteiger partial charge is 0.479 e. The first kappa shape index (κ1) is 16.8. The van der Waals surface area contributed by atoms with Crippen molar-refractivity contribution in [1.29, 1.82) is 0 Å². The lowest BCUT2D eigenvalue weighted by Crippen LogP contribution is -2.30. The van der Waals surface area contributed by atoms with Crippen LogP contribution in [0.4, 0.5) is 0 Å². The van der Waals surface area contributed by atoms with Crippen LogP contribution < -0.4 is 4.74 Å². The lowest BCUT2D eigenvalue weighted by molar-refractivity contribution is -0.144. The molecule has 0 saturated carbocycles. The van der Waals surface area contributed by atoms with Crippen LogP contribution in [0.1, 0.15) is 25.3 Å². The molecule has 1 fully saturated rings. The number of aliphatic carboxylic acids is 1. The second kappa shape index (κ2) is 8.15. The van der Waals surface area contributed by atoms with Crippen molar-refractivity contribution in [3.63, 3.8) is 0 Å². The van der Waals surface area contributed by atoms with Gasteiger partial charge in [0.2, 0.25) is 0 Å². The summed E-state index contributed by atoms with van der Waals surface area (Å²) in [5, 5.41) is 8.99. The fraction of sp³-hybridized carbons (Fsp3) is 0.588. The fourth-order valence-electron chi connectivity index (χ4n) is 2.72. The van der Waals surface area contributed by atoms with Gasteiger partial charge in [0.05, 0.1) is 0 Å². The number of ether oxygens (including phenoxy) is 2. The third-order valence-electron chi connectivity index (χ3n) is 3.98. The molecule has 5 nitrogen and oxygen atoms in total. The number of rotatable bonds is 7. The Labute approximate surface area is 131 Å². The van der Waals surface area contributed by atoms with Crippen molar-refractivity contribution < 1.29 is 19.4 Å². The number of hydrogen-bond acceptors (Lipinski definition) is 4. The van der Waals surface area contributed by atoms with E-state index in [1.54, 1.807) is 6.92 Å². The zero-order chi connectivity index (χ0) is 15.9. The summed E-state index contributed by atoms with van der Waals surface area (Å²) in [5.41, 5.74) is 1.02. The Morgan fingerprint density at radius 2 is 2.09 bits per heavy atom. The number of benzene rings is 1. The Balaban J connectivity index is 1.94. The van der Waals surface area contributed by atoms with Crippen molar-refractivity contribution in [2.45, 2.75) is 32.4 Å². The van der Waals surface area contributed by atoms with Gasteiger partial charge in [0, 0.05) is 31.9 Å². The van der Waals surface area contributed by atoms with E-state index >= 15 is 0 Å². The zero-order valence-electron chi connectivity index (χ0n) is 13.3. The molecule has 0 bridgehead atoms. The Morgan fingerprint density at radius 1 is 1.41 bits per heavy atom. The van der Waals surface area contributed by atoms with Crippen LogP contribution in [0, 0.1) is 5.92 Å². The fourth-order valence-corrected chi connectivity index (χ4v) is 2.72. The van der Waals surface area contributed by atoms with E-state index in [4.69, 9.17) is 14.6 Å². The van der Waals surface area contributed by atoms with Crippen LogP contribution >= 0.6 is 0 Å². The molecule has 122 valence electrons. The van der Waals surface area contributed by atoms with Crippen molar-refractivity contribution in [3.05, 3.63) is 29.8 Å². The maximum atomic E-state index is 11.0. The Kier molecular flexibility index (Phi) is 6.21. The van der Waals surface area contributed by atoms with Gasteiger partial charge in [-0.3, -0.25) is 0 Å². The zero-order valence-corrected chi connectivity index (χ0v) is 13.3. The third-order valence-corrected chi connectivity index (χ3v) is 3.98. The van der Waals surface area contributed by atoms with Crippen LogP contribution in [0.2, 0.25) is 0 Å². The molecule has 0 aliphatic carbocycles. The summed E-state index contributed by atoms with van der Waals surface area (Å²) in [5.74, 6) is 0.367. The van der Waals surface area contributed by atoms with Crippen LogP contribution in [0.5, 0.6) is 5.75 Å². The number of nitrogens with zero attached hydrogens (tertiary/aromatic N) is 1. The molecule has 5 heteroatoms. The van der Waals surface area contributed by atoms with Crippen LogP contribution in [0.3, 0.4) is 0 Å². The summed E-state index contributed by atoms with van der Waals surface area (Å²) < 4.78 is 10.9.